The van der Waals surface area contributed by atoms with E-state index in [-0.39, 0.29) is 24.9 Å². The van der Waals surface area contributed by atoms with Crippen molar-refractivity contribution in [2.45, 2.75) is 19.5 Å². The average Bonchev–Trinajstić information content (AvgIpc) is 3.05. The van der Waals surface area contributed by atoms with Crippen LogP contribution in [0.1, 0.15) is 6.92 Å². The molecule has 0 unspecified atom stereocenters. The third-order valence-electron chi connectivity index (χ3n) is 3.73. The summed E-state index contributed by atoms with van der Waals surface area (Å²) in [6.45, 7) is 1.82. The highest BCUT2D eigenvalue weighted by Crippen LogP contribution is 2.33. The second-order valence-corrected chi connectivity index (χ2v) is 6.38. The van der Waals surface area contributed by atoms with E-state index >= 15 is 0 Å². The molecule has 3 N–H and O–H groups in total. The topological polar surface area (TPSA) is 120 Å². The number of hydrogen-bond acceptors (Lipinski definition) is 7. The maximum absolute atomic E-state index is 9.87. The summed E-state index contributed by atoms with van der Waals surface area (Å²) >= 11 is 6.06. The summed E-state index contributed by atoms with van der Waals surface area (Å²) in [6.07, 6.45) is 3.30. The largest absolute Gasteiger partial charge is 0.508 e. The monoisotopic (exact) mass is 384 g/mol. The van der Waals surface area contributed by atoms with Crippen LogP contribution in [-0.2, 0) is 6.54 Å². The molecular weight excluding hydrogens is 368 g/mol. The molecule has 3 rings (SSSR count). The van der Waals surface area contributed by atoms with Crippen molar-refractivity contribution in [1.82, 2.24) is 19.7 Å². The molecule has 0 amide bonds. The molecule has 2 aromatic heterocycles. The van der Waals surface area contributed by atoms with Gasteiger partial charge in [0.05, 0.1) is 18.4 Å². The highest BCUT2D eigenvalue weighted by Gasteiger charge is 2.16. The number of phenolic OH excluding ortho intramolecular Hbond substituents is 1. The zero-order valence-corrected chi connectivity index (χ0v) is 15.2. The van der Waals surface area contributed by atoms with E-state index in [4.69, 9.17) is 16.9 Å². The molecule has 0 aliphatic rings. The van der Waals surface area contributed by atoms with Crippen molar-refractivity contribution < 1.29 is 10.2 Å². The van der Waals surface area contributed by atoms with Crippen molar-refractivity contribution in [3.8, 4) is 34.3 Å². The lowest BCUT2D eigenvalue weighted by Gasteiger charge is -2.11. The Morgan fingerprint density at radius 2 is 2.19 bits per heavy atom. The number of anilines is 1. The molecule has 0 bridgehead atoms. The molecular formula is C18H17ClN6O2. The first-order chi connectivity index (χ1) is 13.0. The number of nitrogens with one attached hydrogen (secondary N) is 1. The number of halogens is 1. The molecule has 0 fully saturated rings. The van der Waals surface area contributed by atoms with Crippen molar-refractivity contribution in [2.24, 2.45) is 0 Å². The highest BCUT2D eigenvalue weighted by molar-refractivity contribution is 6.31. The van der Waals surface area contributed by atoms with Crippen LogP contribution in [0.2, 0.25) is 5.02 Å². The van der Waals surface area contributed by atoms with Crippen molar-refractivity contribution >= 4 is 17.5 Å². The molecule has 0 aliphatic heterocycles. The highest BCUT2D eigenvalue weighted by atomic mass is 35.5. The maximum Gasteiger partial charge on any atom is 0.223 e. The summed E-state index contributed by atoms with van der Waals surface area (Å²) in [4.78, 5) is 8.62. The second kappa shape index (κ2) is 8.03. The van der Waals surface area contributed by atoms with Gasteiger partial charge >= 0.3 is 0 Å². The lowest BCUT2D eigenvalue weighted by Crippen LogP contribution is -2.20. The van der Waals surface area contributed by atoms with Crippen LogP contribution in [0.25, 0.3) is 22.5 Å². The van der Waals surface area contributed by atoms with Gasteiger partial charge in [-0.1, -0.05) is 11.6 Å². The standard InChI is InChI=1S/C18H17ClN6O2/c1-11(10-26)22-18-21-4-2-16(23-18)15-9-25(5-3-20)24-17(15)12-6-13(19)8-14(27)7-12/h2,4,6-9,11,26-27H,5,10H2,1H3,(H,21,22,23)/t11-/m0/s1. The first-order valence-electron chi connectivity index (χ1n) is 8.15. The third-order valence-corrected chi connectivity index (χ3v) is 3.95. The first kappa shape index (κ1) is 18.6. The number of rotatable bonds is 6. The Hall–Kier alpha value is -3.15. The minimum absolute atomic E-state index is 0.0140. The SMILES string of the molecule is C[C@@H](CO)Nc1nccc(-c2cn(CC#N)nc2-c2cc(O)cc(Cl)c2)n1. The normalized spacial score (nSPS) is 11.8. The fourth-order valence-corrected chi connectivity index (χ4v) is 2.76. The Morgan fingerprint density at radius 3 is 2.89 bits per heavy atom. The fraction of sp³-hybridized carbons (Fsp3) is 0.222. The summed E-state index contributed by atoms with van der Waals surface area (Å²) in [7, 11) is 0. The lowest BCUT2D eigenvalue weighted by atomic mass is 10.1. The first-order valence-corrected chi connectivity index (χ1v) is 8.53. The Morgan fingerprint density at radius 1 is 1.37 bits per heavy atom. The van der Waals surface area contributed by atoms with E-state index < -0.39 is 0 Å². The van der Waals surface area contributed by atoms with Gasteiger partial charge in [0.15, 0.2) is 0 Å². The number of aromatic hydroxyl groups is 1. The Kier molecular flexibility index (Phi) is 5.54. The van der Waals surface area contributed by atoms with Gasteiger partial charge in [-0.15, -0.1) is 0 Å². The second-order valence-electron chi connectivity index (χ2n) is 5.94. The maximum atomic E-state index is 9.87. The van der Waals surface area contributed by atoms with Crippen LogP contribution in [0, 0.1) is 11.3 Å². The summed E-state index contributed by atoms with van der Waals surface area (Å²) < 4.78 is 1.49. The van der Waals surface area contributed by atoms with Crippen molar-refractivity contribution in [3.63, 3.8) is 0 Å². The molecule has 0 spiro atoms. The quantitative estimate of drug-likeness (QED) is 0.597. The van der Waals surface area contributed by atoms with Gasteiger partial charge in [0.1, 0.15) is 18.0 Å². The van der Waals surface area contributed by atoms with Crippen LogP contribution in [0.4, 0.5) is 5.95 Å². The van der Waals surface area contributed by atoms with Gasteiger partial charge in [-0.3, -0.25) is 4.68 Å². The van der Waals surface area contributed by atoms with Gasteiger partial charge in [-0.2, -0.15) is 10.4 Å². The van der Waals surface area contributed by atoms with E-state index in [0.717, 1.165) is 0 Å². The van der Waals surface area contributed by atoms with E-state index in [0.29, 0.717) is 33.5 Å². The van der Waals surface area contributed by atoms with Crippen LogP contribution >= 0.6 is 11.6 Å². The zero-order chi connectivity index (χ0) is 19.4. The molecule has 2 heterocycles. The number of aliphatic hydroxyl groups excluding tert-OH is 1. The fourth-order valence-electron chi connectivity index (χ4n) is 2.53. The van der Waals surface area contributed by atoms with Gasteiger partial charge in [0.25, 0.3) is 0 Å². The summed E-state index contributed by atoms with van der Waals surface area (Å²) in [5.41, 5.74) is 2.37. The zero-order valence-electron chi connectivity index (χ0n) is 14.5. The predicted octanol–water partition coefficient (Wildman–Crippen LogP) is 2.68. The van der Waals surface area contributed by atoms with Crippen LogP contribution in [0.15, 0.2) is 36.7 Å². The van der Waals surface area contributed by atoms with Crippen LogP contribution in [-0.4, -0.2) is 42.6 Å². The van der Waals surface area contributed by atoms with Gasteiger partial charge in [-0.05, 0) is 31.2 Å². The molecule has 0 aliphatic carbocycles. The third kappa shape index (κ3) is 4.34. The van der Waals surface area contributed by atoms with E-state index in [2.05, 4.69) is 20.4 Å². The van der Waals surface area contributed by atoms with Gasteiger partial charge < -0.3 is 15.5 Å². The Balaban J connectivity index is 2.10. The average molecular weight is 385 g/mol. The molecule has 138 valence electrons. The van der Waals surface area contributed by atoms with E-state index in [1.807, 2.05) is 6.07 Å². The summed E-state index contributed by atoms with van der Waals surface area (Å²) in [5, 5.41) is 35.9. The molecule has 27 heavy (non-hydrogen) atoms. The number of aliphatic hydroxyl groups is 1. The van der Waals surface area contributed by atoms with Crippen LogP contribution < -0.4 is 5.32 Å². The van der Waals surface area contributed by atoms with Gasteiger partial charge in [0, 0.05) is 34.6 Å². The van der Waals surface area contributed by atoms with Crippen molar-refractivity contribution in [3.05, 3.63) is 41.7 Å². The Labute approximate surface area is 160 Å². The molecule has 9 heteroatoms. The number of aromatic nitrogens is 4. The minimum atomic E-state index is -0.203. The molecule has 8 nitrogen and oxygen atoms in total. The van der Waals surface area contributed by atoms with Crippen LogP contribution in [0.5, 0.6) is 5.75 Å². The van der Waals surface area contributed by atoms with Gasteiger partial charge in [-0.25, -0.2) is 9.97 Å². The molecule has 0 saturated heterocycles. The number of hydrogen-bond donors (Lipinski definition) is 3. The Bertz CT molecular complexity index is 978. The molecule has 0 radical (unpaired) electrons. The van der Waals surface area contributed by atoms with E-state index in [1.165, 1.54) is 10.7 Å². The number of nitriles is 1. The van der Waals surface area contributed by atoms with Gasteiger partial charge in [0.2, 0.25) is 5.95 Å². The molecule has 3 aromatic rings. The lowest BCUT2D eigenvalue weighted by molar-refractivity contribution is 0.281. The van der Waals surface area contributed by atoms with Crippen molar-refractivity contribution in [1.29, 1.82) is 5.26 Å². The number of nitrogens with zero attached hydrogens (tertiary/aromatic N) is 5. The molecule has 0 saturated carbocycles. The number of phenols is 1. The van der Waals surface area contributed by atoms with E-state index in [1.54, 1.807) is 37.5 Å². The molecule has 1 atom stereocenters. The molecule has 1 aromatic carbocycles. The minimum Gasteiger partial charge on any atom is -0.508 e. The summed E-state index contributed by atoms with van der Waals surface area (Å²) in [6, 6.07) is 8.22. The predicted molar refractivity (Wildman–Crippen MR) is 101 cm³/mol. The summed E-state index contributed by atoms with van der Waals surface area (Å²) in [5.74, 6) is 0.377. The van der Waals surface area contributed by atoms with Crippen LogP contribution in [0.3, 0.4) is 0 Å². The number of benzene rings is 1. The smallest absolute Gasteiger partial charge is 0.223 e. The van der Waals surface area contributed by atoms with Crippen molar-refractivity contribution in [2.75, 3.05) is 11.9 Å². The van der Waals surface area contributed by atoms with E-state index in [9.17, 15) is 10.2 Å².